The third-order valence-electron chi connectivity index (χ3n) is 1.38. The first-order valence-electron chi connectivity index (χ1n) is 3.21. The zero-order valence-corrected chi connectivity index (χ0v) is 6.39. The van der Waals surface area contributed by atoms with E-state index in [1.54, 1.807) is 6.92 Å². The van der Waals surface area contributed by atoms with E-state index in [2.05, 4.69) is 5.10 Å². The summed E-state index contributed by atoms with van der Waals surface area (Å²) in [4.78, 5) is 9.64. The van der Waals surface area contributed by atoms with Crippen LogP contribution in [0.3, 0.4) is 0 Å². The molecular weight excluding hydrogens is 160 g/mol. The van der Waals surface area contributed by atoms with Crippen LogP contribution >= 0.6 is 0 Å². The Kier molecular flexibility index (Phi) is 2.05. The number of aromatic nitrogens is 2. The van der Waals surface area contributed by atoms with Crippen molar-refractivity contribution in [1.29, 1.82) is 5.26 Å². The fourth-order valence-corrected chi connectivity index (χ4v) is 0.809. The molecule has 0 atom stereocenters. The number of aryl methyl sites for hydroxylation is 1. The van der Waals surface area contributed by atoms with Gasteiger partial charge in [0.15, 0.2) is 0 Å². The summed E-state index contributed by atoms with van der Waals surface area (Å²) < 4.78 is 1.29. The third kappa shape index (κ3) is 1.40. The minimum atomic E-state index is -0.582. The van der Waals surface area contributed by atoms with Crippen molar-refractivity contribution >= 4 is 5.82 Å². The van der Waals surface area contributed by atoms with E-state index < -0.39 is 4.92 Å². The maximum atomic E-state index is 10.2. The van der Waals surface area contributed by atoms with E-state index in [0.717, 1.165) is 0 Å². The molecule has 0 saturated carbocycles. The molecule has 1 rings (SSSR count). The van der Waals surface area contributed by atoms with E-state index in [-0.39, 0.29) is 12.4 Å². The normalized spacial score (nSPS) is 9.33. The van der Waals surface area contributed by atoms with Gasteiger partial charge in [-0.05, 0) is 11.8 Å². The number of hydrogen-bond acceptors (Lipinski definition) is 4. The van der Waals surface area contributed by atoms with Gasteiger partial charge in [0.05, 0.1) is 22.9 Å². The highest BCUT2D eigenvalue weighted by atomic mass is 16.6. The van der Waals surface area contributed by atoms with Crippen molar-refractivity contribution < 1.29 is 4.92 Å². The SMILES string of the molecule is Cc1cc([N+](=O)[O-])nn1CC#N. The topological polar surface area (TPSA) is 84.8 Å². The lowest BCUT2D eigenvalue weighted by atomic mass is 10.4. The predicted octanol–water partition coefficient (Wildman–Crippen LogP) is 0.623. The van der Waals surface area contributed by atoms with E-state index in [9.17, 15) is 10.1 Å². The molecule has 1 heterocycles. The molecule has 0 radical (unpaired) electrons. The molecule has 0 aliphatic carbocycles. The van der Waals surface area contributed by atoms with Crippen molar-refractivity contribution in [3.8, 4) is 6.07 Å². The molecule has 1 aromatic heterocycles. The number of nitriles is 1. The maximum Gasteiger partial charge on any atom is 0.390 e. The number of nitrogens with zero attached hydrogens (tertiary/aromatic N) is 4. The van der Waals surface area contributed by atoms with Crippen LogP contribution in [0.4, 0.5) is 5.82 Å². The Morgan fingerprint density at radius 2 is 2.58 bits per heavy atom. The van der Waals surface area contributed by atoms with Gasteiger partial charge < -0.3 is 10.1 Å². The lowest BCUT2D eigenvalue weighted by Gasteiger charge is -1.86. The first kappa shape index (κ1) is 8.20. The van der Waals surface area contributed by atoms with Gasteiger partial charge in [0.1, 0.15) is 6.54 Å². The lowest BCUT2D eigenvalue weighted by molar-refractivity contribution is -0.389. The van der Waals surface area contributed by atoms with Crippen molar-refractivity contribution in [1.82, 2.24) is 9.78 Å². The van der Waals surface area contributed by atoms with E-state index in [1.807, 2.05) is 6.07 Å². The van der Waals surface area contributed by atoms with Gasteiger partial charge in [-0.15, -0.1) is 0 Å². The number of hydrogen-bond donors (Lipinski definition) is 0. The number of nitro groups is 1. The highest BCUT2D eigenvalue weighted by Crippen LogP contribution is 2.09. The molecule has 6 heteroatoms. The van der Waals surface area contributed by atoms with Crippen molar-refractivity contribution in [3.05, 3.63) is 21.9 Å². The van der Waals surface area contributed by atoms with Crippen LogP contribution in [0.5, 0.6) is 0 Å². The minimum absolute atomic E-state index is 0.0413. The zero-order valence-electron chi connectivity index (χ0n) is 6.39. The van der Waals surface area contributed by atoms with Crippen LogP contribution in [-0.2, 0) is 6.54 Å². The van der Waals surface area contributed by atoms with Crippen molar-refractivity contribution in [2.45, 2.75) is 13.5 Å². The van der Waals surface area contributed by atoms with Gasteiger partial charge in [-0.25, -0.2) is 0 Å². The third-order valence-corrected chi connectivity index (χ3v) is 1.38. The second-order valence-corrected chi connectivity index (χ2v) is 2.22. The average Bonchev–Trinajstić information content (AvgIpc) is 2.34. The Morgan fingerprint density at radius 1 is 1.92 bits per heavy atom. The molecule has 6 nitrogen and oxygen atoms in total. The Hall–Kier alpha value is -1.90. The summed E-state index contributed by atoms with van der Waals surface area (Å²) in [5.74, 6) is -0.220. The van der Waals surface area contributed by atoms with Gasteiger partial charge in [0, 0.05) is 0 Å². The predicted molar refractivity (Wildman–Crippen MR) is 39.2 cm³/mol. The molecule has 0 aromatic carbocycles. The first-order chi connectivity index (χ1) is 5.65. The zero-order chi connectivity index (χ0) is 9.14. The minimum Gasteiger partial charge on any atom is -0.358 e. The first-order valence-corrected chi connectivity index (χ1v) is 3.21. The van der Waals surface area contributed by atoms with Crippen LogP contribution in [0.25, 0.3) is 0 Å². The van der Waals surface area contributed by atoms with Crippen molar-refractivity contribution in [2.75, 3.05) is 0 Å². The van der Waals surface area contributed by atoms with E-state index in [0.29, 0.717) is 5.69 Å². The van der Waals surface area contributed by atoms with Crippen LogP contribution < -0.4 is 0 Å². The molecule has 12 heavy (non-hydrogen) atoms. The summed E-state index contributed by atoms with van der Waals surface area (Å²) in [6, 6.07) is 3.19. The Morgan fingerprint density at radius 3 is 3.00 bits per heavy atom. The van der Waals surface area contributed by atoms with Gasteiger partial charge in [0.25, 0.3) is 0 Å². The number of rotatable bonds is 2. The molecule has 0 fully saturated rings. The molecule has 0 N–H and O–H groups in total. The van der Waals surface area contributed by atoms with E-state index in [4.69, 9.17) is 5.26 Å². The summed E-state index contributed by atoms with van der Waals surface area (Å²) in [7, 11) is 0. The lowest BCUT2D eigenvalue weighted by Crippen LogP contribution is -2.00. The van der Waals surface area contributed by atoms with Crippen LogP contribution in [0.15, 0.2) is 6.07 Å². The van der Waals surface area contributed by atoms with Gasteiger partial charge in [-0.1, -0.05) is 0 Å². The Balaban J connectivity index is 3.02. The fourth-order valence-electron chi connectivity index (χ4n) is 0.809. The second kappa shape index (κ2) is 3.00. The van der Waals surface area contributed by atoms with Crippen molar-refractivity contribution in [3.63, 3.8) is 0 Å². The standard InChI is InChI=1S/C6H6N4O2/c1-5-4-6(10(11)12)8-9(5)3-2-7/h4H,3H2,1H3. The smallest absolute Gasteiger partial charge is 0.358 e. The largest absolute Gasteiger partial charge is 0.390 e. The van der Waals surface area contributed by atoms with E-state index >= 15 is 0 Å². The summed E-state index contributed by atoms with van der Waals surface area (Å²) in [6.07, 6.45) is 0. The monoisotopic (exact) mass is 166 g/mol. The fraction of sp³-hybridized carbons (Fsp3) is 0.333. The molecule has 0 amide bonds. The highest BCUT2D eigenvalue weighted by Gasteiger charge is 2.14. The van der Waals surface area contributed by atoms with E-state index in [1.165, 1.54) is 10.7 Å². The maximum absolute atomic E-state index is 10.2. The van der Waals surface area contributed by atoms with Crippen LogP contribution in [0.2, 0.25) is 0 Å². The molecule has 0 spiro atoms. The molecular formula is C6H6N4O2. The van der Waals surface area contributed by atoms with Crippen LogP contribution in [0.1, 0.15) is 5.69 Å². The summed E-state index contributed by atoms with van der Waals surface area (Å²) in [5, 5.41) is 22.1. The van der Waals surface area contributed by atoms with Gasteiger partial charge in [-0.2, -0.15) is 9.94 Å². The molecule has 0 saturated heterocycles. The van der Waals surface area contributed by atoms with Gasteiger partial charge >= 0.3 is 5.82 Å². The molecule has 0 aliphatic heterocycles. The average molecular weight is 166 g/mol. The van der Waals surface area contributed by atoms with Gasteiger partial charge in [0.2, 0.25) is 0 Å². The molecule has 0 unspecified atom stereocenters. The molecule has 0 bridgehead atoms. The molecule has 1 aromatic rings. The quantitative estimate of drug-likeness (QED) is 0.476. The summed E-state index contributed by atoms with van der Waals surface area (Å²) in [5.41, 5.74) is 0.614. The summed E-state index contributed by atoms with van der Waals surface area (Å²) >= 11 is 0. The highest BCUT2D eigenvalue weighted by molar-refractivity contribution is 5.21. The van der Waals surface area contributed by atoms with Crippen LogP contribution in [-0.4, -0.2) is 14.7 Å². The Bertz CT molecular complexity index is 349. The molecule has 0 aliphatic rings. The van der Waals surface area contributed by atoms with Gasteiger partial charge in [-0.3, -0.25) is 0 Å². The second-order valence-electron chi connectivity index (χ2n) is 2.22. The van der Waals surface area contributed by atoms with Crippen LogP contribution in [0, 0.1) is 28.4 Å². The Labute approximate surface area is 68.2 Å². The summed E-state index contributed by atoms with van der Waals surface area (Å²) in [6.45, 7) is 1.71. The van der Waals surface area contributed by atoms with Crippen molar-refractivity contribution in [2.24, 2.45) is 0 Å². The molecule has 62 valence electrons.